The molecule has 2 rings (SSSR count). The van der Waals surface area contributed by atoms with Crippen molar-refractivity contribution in [3.8, 4) is 0 Å². The van der Waals surface area contributed by atoms with Crippen LogP contribution in [0.1, 0.15) is 37.9 Å². The van der Waals surface area contributed by atoms with Crippen LogP contribution < -0.4 is 5.32 Å². The van der Waals surface area contributed by atoms with Crippen LogP contribution in [0, 0.1) is 24.2 Å². The molecule has 1 saturated carbocycles. The van der Waals surface area contributed by atoms with Crippen LogP contribution in [0.3, 0.4) is 0 Å². The van der Waals surface area contributed by atoms with Gasteiger partial charge in [0.05, 0.1) is 17.9 Å². The van der Waals surface area contributed by atoms with E-state index in [2.05, 4.69) is 5.32 Å². The molecule has 1 fully saturated rings. The lowest BCUT2D eigenvalue weighted by atomic mass is 10.0. The molecule has 1 aromatic carbocycles. The summed E-state index contributed by atoms with van der Waals surface area (Å²) < 4.78 is 0. The third-order valence-corrected chi connectivity index (χ3v) is 4.39. The summed E-state index contributed by atoms with van der Waals surface area (Å²) in [4.78, 5) is 23.4. The second-order valence-electron chi connectivity index (χ2n) is 6.20. The van der Waals surface area contributed by atoms with E-state index in [-0.39, 0.29) is 11.9 Å². The van der Waals surface area contributed by atoms with Crippen LogP contribution in [0.25, 0.3) is 0 Å². The summed E-state index contributed by atoms with van der Waals surface area (Å²) >= 11 is 0. The highest BCUT2D eigenvalue weighted by Gasteiger charge is 2.65. The predicted octanol–water partition coefficient (Wildman–Crippen LogP) is 2.53. The SMILES string of the molecule is Cc1ccccc1[C@@H](C)NC(=O)[C@H]1[C@@H](C(=O)O)C1(C)C. The summed E-state index contributed by atoms with van der Waals surface area (Å²) in [6.07, 6.45) is 0. The molecule has 3 atom stereocenters. The highest BCUT2D eigenvalue weighted by atomic mass is 16.4. The fourth-order valence-electron chi connectivity index (χ4n) is 3.04. The molecule has 1 aromatic rings. The van der Waals surface area contributed by atoms with Gasteiger partial charge in [0.2, 0.25) is 5.91 Å². The summed E-state index contributed by atoms with van der Waals surface area (Å²) in [7, 11) is 0. The summed E-state index contributed by atoms with van der Waals surface area (Å²) in [5.74, 6) is -2.07. The highest BCUT2D eigenvalue weighted by molar-refractivity contribution is 5.91. The third kappa shape index (κ3) is 2.42. The number of nitrogens with one attached hydrogen (secondary N) is 1. The number of aryl methyl sites for hydroxylation is 1. The molecule has 0 heterocycles. The van der Waals surface area contributed by atoms with E-state index in [1.165, 1.54) is 0 Å². The number of carboxylic acids is 1. The van der Waals surface area contributed by atoms with Crippen LogP contribution in [0.15, 0.2) is 24.3 Å². The standard InChI is InChI=1S/C16H21NO3/c1-9-7-5-6-8-11(9)10(2)17-14(18)12-13(15(19)20)16(12,3)4/h5-8,10,12-13H,1-4H3,(H,17,18)(H,19,20)/t10-,12-,13+/m1/s1. The zero-order valence-corrected chi connectivity index (χ0v) is 12.3. The molecule has 1 aliphatic carbocycles. The predicted molar refractivity (Wildman–Crippen MR) is 76.1 cm³/mol. The van der Waals surface area contributed by atoms with Crippen LogP contribution in [0.5, 0.6) is 0 Å². The number of benzene rings is 1. The zero-order chi connectivity index (χ0) is 15.1. The number of hydrogen-bond acceptors (Lipinski definition) is 2. The Labute approximate surface area is 119 Å². The number of rotatable bonds is 4. The van der Waals surface area contributed by atoms with Crippen molar-refractivity contribution in [2.45, 2.75) is 33.7 Å². The van der Waals surface area contributed by atoms with Crippen LogP contribution in [0.4, 0.5) is 0 Å². The van der Waals surface area contributed by atoms with E-state index in [9.17, 15) is 9.59 Å². The minimum Gasteiger partial charge on any atom is -0.481 e. The third-order valence-electron chi connectivity index (χ3n) is 4.39. The minimum atomic E-state index is -0.890. The number of hydrogen-bond donors (Lipinski definition) is 2. The first-order valence-electron chi connectivity index (χ1n) is 6.85. The average Bonchev–Trinajstić information content (AvgIpc) is 2.93. The van der Waals surface area contributed by atoms with Crippen molar-refractivity contribution in [1.29, 1.82) is 0 Å². The molecule has 4 heteroatoms. The van der Waals surface area contributed by atoms with Gasteiger partial charge in [0.1, 0.15) is 0 Å². The van der Waals surface area contributed by atoms with E-state index in [1.807, 2.05) is 52.0 Å². The first-order valence-corrected chi connectivity index (χ1v) is 6.85. The molecular formula is C16H21NO3. The lowest BCUT2D eigenvalue weighted by molar-refractivity contribution is -0.140. The molecule has 0 aromatic heterocycles. The van der Waals surface area contributed by atoms with Crippen molar-refractivity contribution in [2.24, 2.45) is 17.3 Å². The molecule has 1 aliphatic rings. The molecule has 0 bridgehead atoms. The van der Waals surface area contributed by atoms with Crippen LogP contribution >= 0.6 is 0 Å². The van der Waals surface area contributed by atoms with Crippen LogP contribution in [0.2, 0.25) is 0 Å². The van der Waals surface area contributed by atoms with Crippen molar-refractivity contribution in [1.82, 2.24) is 5.32 Å². The lowest BCUT2D eigenvalue weighted by Crippen LogP contribution is -2.30. The van der Waals surface area contributed by atoms with E-state index >= 15 is 0 Å². The quantitative estimate of drug-likeness (QED) is 0.887. The topological polar surface area (TPSA) is 66.4 Å². The van der Waals surface area contributed by atoms with Gasteiger partial charge in [0.15, 0.2) is 0 Å². The number of carbonyl (C=O) groups excluding carboxylic acids is 1. The van der Waals surface area contributed by atoms with E-state index in [0.29, 0.717) is 0 Å². The van der Waals surface area contributed by atoms with Gasteiger partial charge in [0, 0.05) is 0 Å². The Kier molecular flexibility index (Phi) is 3.59. The molecule has 108 valence electrons. The Morgan fingerprint density at radius 1 is 1.25 bits per heavy atom. The van der Waals surface area contributed by atoms with Gasteiger partial charge in [0.25, 0.3) is 0 Å². The average molecular weight is 275 g/mol. The van der Waals surface area contributed by atoms with Gasteiger partial charge >= 0.3 is 5.97 Å². The minimum absolute atomic E-state index is 0.116. The van der Waals surface area contributed by atoms with Gasteiger partial charge in [-0.25, -0.2) is 0 Å². The number of amides is 1. The van der Waals surface area contributed by atoms with Gasteiger partial charge in [-0.05, 0) is 30.4 Å². The van der Waals surface area contributed by atoms with Crippen molar-refractivity contribution < 1.29 is 14.7 Å². The molecule has 20 heavy (non-hydrogen) atoms. The zero-order valence-electron chi connectivity index (χ0n) is 12.3. The van der Waals surface area contributed by atoms with Gasteiger partial charge in [-0.3, -0.25) is 9.59 Å². The molecule has 4 nitrogen and oxygen atoms in total. The normalized spacial score (nSPS) is 24.8. The second-order valence-corrected chi connectivity index (χ2v) is 6.20. The largest absolute Gasteiger partial charge is 0.481 e. The maximum absolute atomic E-state index is 12.3. The lowest BCUT2D eigenvalue weighted by Gasteiger charge is -2.17. The molecule has 0 spiro atoms. The number of carboxylic acid groups (broad SMARTS) is 1. The Balaban J connectivity index is 2.07. The molecule has 1 amide bonds. The maximum atomic E-state index is 12.3. The Morgan fingerprint density at radius 2 is 1.85 bits per heavy atom. The number of carbonyl (C=O) groups is 2. The van der Waals surface area contributed by atoms with Gasteiger partial charge in [-0.1, -0.05) is 38.1 Å². The van der Waals surface area contributed by atoms with Crippen molar-refractivity contribution in [3.63, 3.8) is 0 Å². The molecule has 0 unspecified atom stereocenters. The monoisotopic (exact) mass is 275 g/mol. The molecule has 0 aliphatic heterocycles. The van der Waals surface area contributed by atoms with E-state index in [1.54, 1.807) is 0 Å². The molecule has 0 radical (unpaired) electrons. The summed E-state index contributed by atoms with van der Waals surface area (Å²) in [6.45, 7) is 7.58. The van der Waals surface area contributed by atoms with Crippen LogP contribution in [-0.2, 0) is 9.59 Å². The van der Waals surface area contributed by atoms with E-state index in [0.717, 1.165) is 11.1 Å². The molecular weight excluding hydrogens is 254 g/mol. The van der Waals surface area contributed by atoms with Gasteiger partial charge in [-0.2, -0.15) is 0 Å². The fourth-order valence-corrected chi connectivity index (χ4v) is 3.04. The van der Waals surface area contributed by atoms with Gasteiger partial charge < -0.3 is 10.4 Å². The molecule has 2 N–H and O–H groups in total. The maximum Gasteiger partial charge on any atom is 0.307 e. The van der Waals surface area contributed by atoms with Crippen molar-refractivity contribution in [3.05, 3.63) is 35.4 Å². The Hall–Kier alpha value is -1.84. The Bertz CT molecular complexity index is 550. The summed E-state index contributed by atoms with van der Waals surface area (Å²) in [6, 6.07) is 7.75. The Morgan fingerprint density at radius 3 is 2.35 bits per heavy atom. The smallest absolute Gasteiger partial charge is 0.307 e. The summed E-state index contributed by atoms with van der Waals surface area (Å²) in [5.41, 5.74) is 1.72. The van der Waals surface area contributed by atoms with Gasteiger partial charge in [-0.15, -0.1) is 0 Å². The highest BCUT2D eigenvalue weighted by Crippen LogP contribution is 2.58. The first kappa shape index (κ1) is 14.6. The first-order chi connectivity index (χ1) is 9.26. The van der Waals surface area contributed by atoms with Crippen molar-refractivity contribution >= 4 is 11.9 Å². The van der Waals surface area contributed by atoms with Crippen LogP contribution in [-0.4, -0.2) is 17.0 Å². The summed E-state index contributed by atoms with van der Waals surface area (Å²) in [5, 5.41) is 12.1. The number of aliphatic carboxylic acids is 1. The van der Waals surface area contributed by atoms with E-state index in [4.69, 9.17) is 5.11 Å². The second kappa shape index (κ2) is 4.93. The molecule has 0 saturated heterocycles. The fraction of sp³-hybridized carbons (Fsp3) is 0.500. The van der Waals surface area contributed by atoms with Crippen molar-refractivity contribution in [2.75, 3.05) is 0 Å². The van der Waals surface area contributed by atoms with E-state index < -0.39 is 23.2 Å².